The first kappa shape index (κ1) is 20.1. The first-order chi connectivity index (χ1) is 13.5. The van der Waals surface area contributed by atoms with Crippen LogP contribution in [0, 0.1) is 10.1 Å². The molecule has 8 heteroatoms. The molecule has 2 heterocycles. The van der Waals surface area contributed by atoms with Crippen LogP contribution in [-0.2, 0) is 9.53 Å². The predicted octanol–water partition coefficient (Wildman–Crippen LogP) is 3.14. The molecule has 0 aromatic heterocycles. The van der Waals surface area contributed by atoms with Gasteiger partial charge in [-0.2, -0.15) is 0 Å². The SMILES string of the molecule is CC[C@@H]1CCCCN1C(=O)COC(=O)c1cc([N+](=O)[O-])ccc1N1CCCC1. The highest BCUT2D eigenvalue weighted by Crippen LogP contribution is 2.29. The summed E-state index contributed by atoms with van der Waals surface area (Å²) in [5, 5.41) is 11.1. The van der Waals surface area contributed by atoms with Gasteiger partial charge in [0.25, 0.3) is 11.6 Å². The molecule has 2 saturated heterocycles. The number of esters is 1. The Balaban J connectivity index is 1.72. The fourth-order valence-electron chi connectivity index (χ4n) is 4.08. The monoisotopic (exact) mass is 389 g/mol. The molecule has 0 N–H and O–H groups in total. The molecule has 1 amide bonds. The Morgan fingerprint density at radius 2 is 1.89 bits per heavy atom. The summed E-state index contributed by atoms with van der Waals surface area (Å²) in [6.45, 7) is 3.99. The van der Waals surface area contributed by atoms with Gasteiger partial charge in [-0.1, -0.05) is 6.92 Å². The van der Waals surface area contributed by atoms with E-state index in [1.807, 2.05) is 11.8 Å². The maximum atomic E-state index is 12.7. The van der Waals surface area contributed by atoms with Crippen LogP contribution in [0.1, 0.15) is 55.8 Å². The van der Waals surface area contributed by atoms with Crippen LogP contribution in [0.2, 0.25) is 0 Å². The molecule has 2 fully saturated rings. The van der Waals surface area contributed by atoms with Crippen LogP contribution in [0.25, 0.3) is 0 Å². The molecule has 0 radical (unpaired) electrons. The molecule has 3 rings (SSSR count). The van der Waals surface area contributed by atoms with Crippen molar-refractivity contribution >= 4 is 23.3 Å². The number of non-ortho nitro benzene ring substituents is 1. The average molecular weight is 389 g/mol. The van der Waals surface area contributed by atoms with E-state index < -0.39 is 10.9 Å². The van der Waals surface area contributed by atoms with Gasteiger partial charge in [0, 0.05) is 37.8 Å². The van der Waals surface area contributed by atoms with Gasteiger partial charge in [0.1, 0.15) is 0 Å². The summed E-state index contributed by atoms with van der Waals surface area (Å²) in [6.07, 6.45) is 5.94. The van der Waals surface area contributed by atoms with E-state index in [2.05, 4.69) is 0 Å². The van der Waals surface area contributed by atoms with Crippen molar-refractivity contribution in [3.05, 3.63) is 33.9 Å². The lowest BCUT2D eigenvalue weighted by Gasteiger charge is -2.35. The van der Waals surface area contributed by atoms with Gasteiger partial charge in [-0.25, -0.2) is 4.79 Å². The fourth-order valence-corrected chi connectivity index (χ4v) is 4.08. The van der Waals surface area contributed by atoms with E-state index in [-0.39, 0.29) is 29.8 Å². The Bertz CT molecular complexity index is 745. The summed E-state index contributed by atoms with van der Waals surface area (Å²) in [4.78, 5) is 39.7. The van der Waals surface area contributed by atoms with Gasteiger partial charge in [0.2, 0.25) is 0 Å². The summed E-state index contributed by atoms with van der Waals surface area (Å²) in [7, 11) is 0. The molecule has 1 aromatic rings. The molecule has 1 aromatic carbocycles. The van der Waals surface area contributed by atoms with E-state index >= 15 is 0 Å². The third-order valence-electron chi connectivity index (χ3n) is 5.60. The fraction of sp³-hybridized carbons (Fsp3) is 0.600. The predicted molar refractivity (Wildman–Crippen MR) is 104 cm³/mol. The second-order valence-electron chi connectivity index (χ2n) is 7.37. The molecule has 0 aliphatic carbocycles. The van der Waals surface area contributed by atoms with Gasteiger partial charge in [0.05, 0.1) is 16.2 Å². The molecule has 0 bridgehead atoms. The molecular weight excluding hydrogens is 362 g/mol. The van der Waals surface area contributed by atoms with Gasteiger partial charge < -0.3 is 14.5 Å². The van der Waals surface area contributed by atoms with E-state index in [1.165, 1.54) is 12.1 Å². The van der Waals surface area contributed by atoms with Gasteiger partial charge >= 0.3 is 5.97 Å². The highest BCUT2D eigenvalue weighted by atomic mass is 16.6. The Morgan fingerprint density at radius 1 is 1.18 bits per heavy atom. The number of carbonyl (C=O) groups excluding carboxylic acids is 2. The highest BCUT2D eigenvalue weighted by Gasteiger charge is 2.28. The molecular formula is C20H27N3O5. The lowest BCUT2D eigenvalue weighted by molar-refractivity contribution is -0.384. The molecule has 0 spiro atoms. The first-order valence-corrected chi connectivity index (χ1v) is 10.0. The number of nitro groups is 1. The average Bonchev–Trinajstić information content (AvgIpc) is 3.25. The maximum Gasteiger partial charge on any atom is 0.341 e. The van der Waals surface area contributed by atoms with E-state index in [9.17, 15) is 19.7 Å². The third kappa shape index (κ3) is 4.43. The van der Waals surface area contributed by atoms with Crippen LogP contribution in [-0.4, -0.2) is 54.0 Å². The molecule has 152 valence electrons. The Kier molecular flexibility index (Phi) is 6.49. The number of piperidine rings is 1. The molecule has 0 unspecified atom stereocenters. The minimum atomic E-state index is -0.691. The van der Waals surface area contributed by atoms with Crippen molar-refractivity contribution in [1.29, 1.82) is 0 Å². The third-order valence-corrected chi connectivity index (χ3v) is 5.60. The topological polar surface area (TPSA) is 93.0 Å². The lowest BCUT2D eigenvalue weighted by Crippen LogP contribution is -2.45. The van der Waals surface area contributed by atoms with Crippen LogP contribution in [0.15, 0.2) is 18.2 Å². The van der Waals surface area contributed by atoms with Crippen molar-refractivity contribution in [2.45, 2.75) is 51.5 Å². The summed E-state index contributed by atoms with van der Waals surface area (Å²) in [6, 6.07) is 4.43. The van der Waals surface area contributed by atoms with Crippen LogP contribution in [0.4, 0.5) is 11.4 Å². The van der Waals surface area contributed by atoms with Crippen molar-refractivity contribution in [2.75, 3.05) is 31.1 Å². The zero-order valence-electron chi connectivity index (χ0n) is 16.3. The van der Waals surface area contributed by atoms with E-state index in [0.717, 1.165) is 51.6 Å². The van der Waals surface area contributed by atoms with E-state index in [4.69, 9.17) is 4.74 Å². The Morgan fingerprint density at radius 3 is 2.57 bits per heavy atom. The van der Waals surface area contributed by atoms with Gasteiger partial charge in [0.15, 0.2) is 6.61 Å². The van der Waals surface area contributed by atoms with Crippen molar-refractivity contribution in [3.63, 3.8) is 0 Å². The largest absolute Gasteiger partial charge is 0.452 e. The Hall–Kier alpha value is -2.64. The van der Waals surface area contributed by atoms with Gasteiger partial charge in [-0.15, -0.1) is 0 Å². The number of likely N-dealkylation sites (tertiary alicyclic amines) is 1. The summed E-state index contributed by atoms with van der Waals surface area (Å²) < 4.78 is 5.29. The van der Waals surface area contributed by atoms with Crippen LogP contribution < -0.4 is 4.90 Å². The second kappa shape index (κ2) is 9.03. The number of nitrogens with zero attached hydrogens (tertiary/aromatic N) is 3. The minimum Gasteiger partial charge on any atom is -0.452 e. The normalized spacial score (nSPS) is 19.5. The molecule has 0 saturated carbocycles. The van der Waals surface area contributed by atoms with E-state index in [0.29, 0.717) is 12.2 Å². The number of hydrogen-bond acceptors (Lipinski definition) is 6. The number of anilines is 1. The summed E-state index contributed by atoms with van der Waals surface area (Å²) in [5.74, 6) is -0.892. The first-order valence-electron chi connectivity index (χ1n) is 10.0. The Labute approximate surface area is 164 Å². The molecule has 28 heavy (non-hydrogen) atoms. The number of carbonyl (C=O) groups is 2. The zero-order valence-corrected chi connectivity index (χ0v) is 16.3. The smallest absolute Gasteiger partial charge is 0.341 e. The molecule has 8 nitrogen and oxygen atoms in total. The summed E-state index contributed by atoms with van der Waals surface area (Å²) in [5.41, 5.74) is 0.614. The van der Waals surface area contributed by atoms with Gasteiger partial charge in [-0.05, 0) is 44.6 Å². The van der Waals surface area contributed by atoms with Crippen LogP contribution >= 0.6 is 0 Å². The van der Waals surface area contributed by atoms with E-state index in [1.54, 1.807) is 11.0 Å². The highest BCUT2D eigenvalue weighted by molar-refractivity contribution is 5.97. The summed E-state index contributed by atoms with van der Waals surface area (Å²) >= 11 is 0. The number of benzene rings is 1. The number of ether oxygens (including phenoxy) is 1. The van der Waals surface area contributed by atoms with Crippen molar-refractivity contribution in [3.8, 4) is 0 Å². The number of amides is 1. The number of nitro benzene ring substituents is 1. The lowest BCUT2D eigenvalue weighted by atomic mass is 10.00. The minimum absolute atomic E-state index is 0.148. The van der Waals surface area contributed by atoms with Crippen molar-refractivity contribution in [2.24, 2.45) is 0 Å². The maximum absolute atomic E-state index is 12.7. The standard InChI is InChI=1S/C20H27N3O5/c1-2-15-7-3-4-12-22(15)19(24)14-28-20(25)17-13-16(23(26)27)8-9-18(17)21-10-5-6-11-21/h8-9,13,15H,2-7,10-12,14H2,1H3/t15-/m1/s1. The van der Waals surface area contributed by atoms with Crippen molar-refractivity contribution in [1.82, 2.24) is 4.90 Å². The molecule has 2 aliphatic heterocycles. The van der Waals surface area contributed by atoms with Crippen molar-refractivity contribution < 1.29 is 19.2 Å². The molecule has 1 atom stereocenters. The number of hydrogen-bond donors (Lipinski definition) is 0. The van der Waals surface area contributed by atoms with Crippen LogP contribution in [0.5, 0.6) is 0 Å². The zero-order chi connectivity index (χ0) is 20.1. The van der Waals surface area contributed by atoms with Crippen LogP contribution in [0.3, 0.4) is 0 Å². The number of rotatable bonds is 6. The quantitative estimate of drug-likeness (QED) is 0.422. The van der Waals surface area contributed by atoms with Gasteiger partial charge in [-0.3, -0.25) is 14.9 Å². The molecule has 2 aliphatic rings. The second-order valence-corrected chi connectivity index (χ2v) is 7.37.